The molecule has 0 radical (unpaired) electrons. The fourth-order valence-corrected chi connectivity index (χ4v) is 4.36. The lowest BCUT2D eigenvalue weighted by atomic mass is 10.0. The molecule has 0 aliphatic carbocycles. The second kappa shape index (κ2) is 26.8. The van der Waals surface area contributed by atoms with Crippen molar-refractivity contribution in [1.29, 1.82) is 0 Å². The molecule has 28 nitrogen and oxygen atoms in total. The van der Waals surface area contributed by atoms with Crippen LogP contribution in [0.25, 0.3) is 0 Å². The summed E-state index contributed by atoms with van der Waals surface area (Å²) in [4.78, 5) is 134. The number of carbonyl (C=O) groups excluding carboxylic acids is 9. The highest BCUT2D eigenvalue weighted by atomic mass is 16.4. The van der Waals surface area contributed by atoms with E-state index in [1.54, 1.807) is 0 Å². The van der Waals surface area contributed by atoms with Crippen LogP contribution in [0, 0.1) is 5.92 Å². The maximum absolute atomic E-state index is 13.0. The number of nitrogens with two attached hydrogens (primary N) is 1. The minimum atomic E-state index is -1.78. The Labute approximate surface area is 334 Å². The van der Waals surface area contributed by atoms with Crippen molar-refractivity contribution < 1.29 is 88.5 Å². The van der Waals surface area contributed by atoms with Crippen molar-refractivity contribution in [2.75, 3.05) is 46.1 Å². The first-order valence-electron chi connectivity index (χ1n) is 17.5. The van der Waals surface area contributed by atoms with E-state index in [0.717, 1.165) is 6.92 Å². The molecule has 0 aromatic rings. The lowest BCUT2D eigenvalue weighted by Crippen LogP contribution is -2.62. The minimum absolute atomic E-state index is 0.635. The van der Waals surface area contributed by atoms with E-state index < -0.39 is 172 Å². The Balaban J connectivity index is 5.18. The van der Waals surface area contributed by atoms with Crippen LogP contribution >= 0.6 is 0 Å². The van der Waals surface area contributed by atoms with Gasteiger partial charge in [-0.25, -0.2) is 4.79 Å². The molecule has 18 N–H and O–H groups in total. The third kappa shape index (κ3) is 19.8. The van der Waals surface area contributed by atoms with Gasteiger partial charge in [0.25, 0.3) is 0 Å². The minimum Gasteiger partial charge on any atom is -0.481 e. The summed E-state index contributed by atoms with van der Waals surface area (Å²) in [7, 11) is 0. The molecule has 0 spiro atoms. The molecule has 0 aliphatic heterocycles. The quantitative estimate of drug-likeness (QED) is 0.0365. The standard InChI is InChI=1S/C31H52N10O18/c1-12(2)23(40-25(52)14(32)4-22(50)51)29(56)41-24(13(3)46)30(57)39-17(10-44)28(55)35-6-20(48)37-15(8-42)26(53)33-5-19(47)36-16(9-43)27(54)34-7-21(49)38-18(11-45)31(58)59/h12-18,23-24,42-46H,4-11,32H2,1-3H3,(H,33,53)(H,34,54)(H,35,55)(H,36,47)(H,37,48)(H,38,49)(H,39,57)(H,40,52)(H,41,56)(H,50,51)(H,58,59)/t13-,14+,15+,16+,17+,18+,23+,24+/m1/s1. The largest absolute Gasteiger partial charge is 0.481 e. The first-order chi connectivity index (χ1) is 27.5. The van der Waals surface area contributed by atoms with Gasteiger partial charge in [0.1, 0.15) is 36.3 Å². The number of rotatable bonds is 27. The first kappa shape index (κ1) is 52.9. The summed E-state index contributed by atoms with van der Waals surface area (Å²) in [5, 5.41) is 84.1. The van der Waals surface area contributed by atoms with E-state index in [9.17, 15) is 73.2 Å². The van der Waals surface area contributed by atoms with E-state index in [4.69, 9.17) is 21.1 Å². The van der Waals surface area contributed by atoms with Crippen molar-refractivity contribution in [1.82, 2.24) is 47.9 Å². The first-order valence-corrected chi connectivity index (χ1v) is 17.5. The Morgan fingerprint density at radius 2 is 0.814 bits per heavy atom. The van der Waals surface area contributed by atoms with Crippen molar-refractivity contribution in [3.05, 3.63) is 0 Å². The van der Waals surface area contributed by atoms with Crippen LogP contribution in [-0.4, -0.2) is 195 Å². The average molecular weight is 853 g/mol. The number of nitrogens with one attached hydrogen (secondary N) is 9. The molecule has 0 heterocycles. The molecule has 0 saturated carbocycles. The van der Waals surface area contributed by atoms with Gasteiger partial charge in [-0.2, -0.15) is 0 Å². The van der Waals surface area contributed by atoms with Gasteiger partial charge in [0.05, 0.1) is 64.6 Å². The SMILES string of the molecule is CC(C)[C@H](NC(=O)[C@@H](N)CC(=O)O)C(=O)N[C@H](C(=O)N[C@@H](CO)C(=O)NCC(=O)N[C@@H](CO)C(=O)NCC(=O)N[C@@H](CO)C(=O)NCC(=O)N[C@@H](CO)C(=O)O)[C@@H](C)O. The number of hydrogen-bond donors (Lipinski definition) is 17. The van der Waals surface area contributed by atoms with Crippen LogP contribution in [0.5, 0.6) is 0 Å². The van der Waals surface area contributed by atoms with Crippen molar-refractivity contribution in [3.8, 4) is 0 Å². The fraction of sp³-hybridized carbons (Fsp3) is 0.645. The fourth-order valence-electron chi connectivity index (χ4n) is 4.36. The Morgan fingerprint density at radius 1 is 0.475 bits per heavy atom. The van der Waals surface area contributed by atoms with Crippen LogP contribution in [0.2, 0.25) is 0 Å². The Kier molecular flexibility index (Phi) is 24.0. The van der Waals surface area contributed by atoms with Crippen LogP contribution in [0.1, 0.15) is 27.2 Å². The summed E-state index contributed by atoms with van der Waals surface area (Å²) in [6.45, 7) is -2.53. The number of carboxylic acids is 2. The second-order valence-electron chi connectivity index (χ2n) is 12.8. The molecule has 28 heteroatoms. The molecule has 0 aliphatic rings. The lowest BCUT2D eigenvalue weighted by molar-refractivity contribution is -0.143. The van der Waals surface area contributed by atoms with E-state index in [-0.39, 0.29) is 0 Å². The molecule has 0 aromatic heterocycles. The summed E-state index contributed by atoms with van der Waals surface area (Å²) in [5.41, 5.74) is 5.53. The molecule has 0 bridgehead atoms. The van der Waals surface area contributed by atoms with Gasteiger partial charge < -0.3 is 89.3 Å². The van der Waals surface area contributed by atoms with Gasteiger partial charge in [0, 0.05) is 0 Å². The monoisotopic (exact) mass is 852 g/mol. The Morgan fingerprint density at radius 3 is 1.14 bits per heavy atom. The molecule has 8 atom stereocenters. The molecular weight excluding hydrogens is 800 g/mol. The van der Waals surface area contributed by atoms with Crippen molar-refractivity contribution >= 4 is 65.1 Å². The summed E-state index contributed by atoms with van der Waals surface area (Å²) in [5.74, 6) is -13.4. The smallest absolute Gasteiger partial charge is 0.328 e. The van der Waals surface area contributed by atoms with Crippen LogP contribution in [0.3, 0.4) is 0 Å². The number of aliphatic hydroxyl groups is 5. The maximum Gasteiger partial charge on any atom is 0.328 e. The van der Waals surface area contributed by atoms with Gasteiger partial charge in [-0.05, 0) is 12.8 Å². The summed E-state index contributed by atoms with van der Waals surface area (Å²) < 4.78 is 0. The predicted molar refractivity (Wildman–Crippen MR) is 193 cm³/mol. The third-order valence-electron chi connectivity index (χ3n) is 7.61. The Hall–Kier alpha value is -6.07. The molecule has 0 aromatic carbocycles. The predicted octanol–water partition coefficient (Wildman–Crippen LogP) is -10.9. The third-order valence-corrected chi connectivity index (χ3v) is 7.61. The van der Waals surface area contributed by atoms with E-state index in [2.05, 4.69) is 16.0 Å². The molecule has 0 fully saturated rings. The van der Waals surface area contributed by atoms with Gasteiger partial charge in [-0.15, -0.1) is 0 Å². The number of hydrogen-bond acceptors (Lipinski definition) is 17. The summed E-state index contributed by atoms with van der Waals surface area (Å²) in [6.07, 6.45) is -2.37. The Bertz CT molecular complexity index is 1530. The summed E-state index contributed by atoms with van der Waals surface area (Å²) in [6, 6.07) is -11.5. The number of amides is 9. The van der Waals surface area contributed by atoms with Crippen LogP contribution in [-0.2, 0) is 52.7 Å². The van der Waals surface area contributed by atoms with E-state index >= 15 is 0 Å². The van der Waals surface area contributed by atoms with Gasteiger partial charge in [-0.1, -0.05) is 13.8 Å². The molecule has 9 amide bonds. The highest BCUT2D eigenvalue weighted by molar-refractivity contribution is 5.97. The van der Waals surface area contributed by atoms with E-state index in [0.29, 0.717) is 0 Å². The number of carboxylic acid groups (broad SMARTS) is 2. The van der Waals surface area contributed by atoms with Crippen molar-refractivity contribution in [2.24, 2.45) is 11.7 Å². The summed E-state index contributed by atoms with van der Waals surface area (Å²) >= 11 is 0. The van der Waals surface area contributed by atoms with E-state index in [1.807, 2.05) is 31.9 Å². The molecule has 59 heavy (non-hydrogen) atoms. The van der Waals surface area contributed by atoms with Gasteiger partial charge >= 0.3 is 11.9 Å². The van der Waals surface area contributed by atoms with Crippen LogP contribution in [0.4, 0.5) is 0 Å². The molecule has 0 unspecified atom stereocenters. The average Bonchev–Trinajstić information content (AvgIpc) is 3.17. The zero-order chi connectivity index (χ0) is 45.6. The highest BCUT2D eigenvalue weighted by Gasteiger charge is 2.34. The van der Waals surface area contributed by atoms with Crippen molar-refractivity contribution in [3.63, 3.8) is 0 Å². The topological polar surface area (TPSA) is 464 Å². The zero-order valence-electron chi connectivity index (χ0n) is 32.1. The molecule has 0 saturated heterocycles. The lowest BCUT2D eigenvalue weighted by Gasteiger charge is -2.28. The zero-order valence-corrected chi connectivity index (χ0v) is 32.1. The highest BCUT2D eigenvalue weighted by Crippen LogP contribution is 2.06. The second-order valence-corrected chi connectivity index (χ2v) is 12.8. The van der Waals surface area contributed by atoms with Gasteiger partial charge in [-0.3, -0.25) is 47.9 Å². The number of aliphatic hydroxyl groups excluding tert-OH is 5. The van der Waals surface area contributed by atoms with E-state index in [1.165, 1.54) is 13.8 Å². The van der Waals surface area contributed by atoms with Gasteiger partial charge in [0.2, 0.25) is 53.2 Å². The maximum atomic E-state index is 13.0. The number of carbonyl (C=O) groups is 11. The van der Waals surface area contributed by atoms with Gasteiger partial charge in [0.15, 0.2) is 0 Å². The molecule has 0 rings (SSSR count). The molecular formula is C31H52N10O18. The van der Waals surface area contributed by atoms with Crippen LogP contribution < -0.4 is 53.6 Å². The van der Waals surface area contributed by atoms with Crippen molar-refractivity contribution in [2.45, 2.75) is 75.6 Å². The normalized spacial score (nSPS) is 14.9. The van der Waals surface area contributed by atoms with Crippen LogP contribution in [0.15, 0.2) is 0 Å². The molecule has 334 valence electrons. The number of aliphatic carboxylic acids is 2.